The molecule has 3 nitrogen and oxygen atoms in total. The summed E-state index contributed by atoms with van der Waals surface area (Å²) in [5.74, 6) is 0. The largest absolute Gasteiger partial charge is 0.372 e. The molecule has 0 unspecified atom stereocenters. The van der Waals surface area contributed by atoms with Crippen LogP contribution in [0.3, 0.4) is 0 Å². The second-order valence-electron chi connectivity index (χ2n) is 5.56. The summed E-state index contributed by atoms with van der Waals surface area (Å²) in [6.45, 7) is 2.25. The molecule has 1 aliphatic heterocycles. The second kappa shape index (κ2) is 6.31. The van der Waals surface area contributed by atoms with E-state index in [-0.39, 0.29) is 4.90 Å². The summed E-state index contributed by atoms with van der Waals surface area (Å²) in [6.07, 6.45) is 3.84. The summed E-state index contributed by atoms with van der Waals surface area (Å²) < 4.78 is 22.5. The molecule has 116 valence electrons. The minimum absolute atomic E-state index is 0.128. The zero-order chi connectivity index (χ0) is 15.6. The number of nitrogens with zero attached hydrogens (tertiary/aromatic N) is 1. The van der Waals surface area contributed by atoms with Crippen LogP contribution in [0.25, 0.3) is 11.1 Å². The van der Waals surface area contributed by atoms with Gasteiger partial charge in [0.15, 0.2) is 0 Å². The van der Waals surface area contributed by atoms with E-state index in [4.69, 9.17) is 10.7 Å². The lowest BCUT2D eigenvalue weighted by Crippen LogP contribution is -2.29. The van der Waals surface area contributed by atoms with Crippen molar-refractivity contribution in [3.05, 3.63) is 48.5 Å². The summed E-state index contributed by atoms with van der Waals surface area (Å²) in [6, 6.07) is 15.1. The van der Waals surface area contributed by atoms with Crippen molar-refractivity contribution >= 4 is 25.4 Å². The van der Waals surface area contributed by atoms with Crippen molar-refractivity contribution in [3.63, 3.8) is 0 Å². The third kappa shape index (κ3) is 3.45. The van der Waals surface area contributed by atoms with Crippen molar-refractivity contribution in [2.75, 3.05) is 18.0 Å². The molecule has 0 atom stereocenters. The SMILES string of the molecule is O=S(=O)(Cl)c1ccc(-c2ccc(N3CCCCC3)cc2)cc1. The Morgan fingerprint density at radius 1 is 0.773 bits per heavy atom. The molecule has 2 aromatic carbocycles. The number of benzene rings is 2. The van der Waals surface area contributed by atoms with Crippen LogP contribution in [0.4, 0.5) is 5.69 Å². The van der Waals surface area contributed by atoms with Gasteiger partial charge >= 0.3 is 0 Å². The zero-order valence-electron chi connectivity index (χ0n) is 12.2. The van der Waals surface area contributed by atoms with Crippen molar-refractivity contribution < 1.29 is 8.42 Å². The van der Waals surface area contributed by atoms with E-state index in [1.165, 1.54) is 37.1 Å². The summed E-state index contributed by atoms with van der Waals surface area (Å²) in [5.41, 5.74) is 3.30. The maximum Gasteiger partial charge on any atom is 0.261 e. The molecule has 0 aromatic heterocycles. The fourth-order valence-corrected chi connectivity index (χ4v) is 3.60. The van der Waals surface area contributed by atoms with Crippen molar-refractivity contribution in [1.82, 2.24) is 0 Å². The van der Waals surface area contributed by atoms with Crippen LogP contribution in [0.1, 0.15) is 19.3 Å². The van der Waals surface area contributed by atoms with Gasteiger partial charge in [-0.2, -0.15) is 0 Å². The van der Waals surface area contributed by atoms with Gasteiger partial charge in [-0.05, 0) is 54.7 Å². The molecule has 0 bridgehead atoms. The van der Waals surface area contributed by atoms with Crippen molar-refractivity contribution in [1.29, 1.82) is 0 Å². The molecule has 1 heterocycles. The quantitative estimate of drug-likeness (QED) is 0.786. The van der Waals surface area contributed by atoms with E-state index in [0.717, 1.165) is 24.2 Å². The van der Waals surface area contributed by atoms with Gasteiger partial charge < -0.3 is 4.90 Å². The first-order valence-corrected chi connectivity index (χ1v) is 9.75. The van der Waals surface area contributed by atoms with Gasteiger partial charge in [-0.25, -0.2) is 8.42 Å². The molecule has 0 amide bonds. The summed E-state index contributed by atoms with van der Waals surface area (Å²) in [5, 5.41) is 0. The van der Waals surface area contributed by atoms with Gasteiger partial charge in [-0.15, -0.1) is 0 Å². The van der Waals surface area contributed by atoms with E-state index >= 15 is 0 Å². The van der Waals surface area contributed by atoms with E-state index < -0.39 is 9.05 Å². The normalized spacial score (nSPS) is 15.8. The highest BCUT2D eigenvalue weighted by Gasteiger charge is 2.12. The standard InChI is InChI=1S/C17H18ClNO2S/c18-22(20,21)17-10-6-15(7-11-17)14-4-8-16(9-5-14)19-12-2-1-3-13-19/h4-11H,1-3,12-13H2. The highest BCUT2D eigenvalue weighted by atomic mass is 35.7. The first-order valence-electron chi connectivity index (χ1n) is 7.44. The van der Waals surface area contributed by atoms with Gasteiger partial charge in [0, 0.05) is 29.5 Å². The van der Waals surface area contributed by atoms with E-state index in [2.05, 4.69) is 29.2 Å². The molecule has 5 heteroatoms. The molecule has 0 aliphatic carbocycles. The van der Waals surface area contributed by atoms with Gasteiger partial charge in [0.25, 0.3) is 9.05 Å². The van der Waals surface area contributed by atoms with E-state index in [1.807, 2.05) is 0 Å². The van der Waals surface area contributed by atoms with E-state index in [1.54, 1.807) is 12.1 Å². The average molecular weight is 336 g/mol. The van der Waals surface area contributed by atoms with Crippen LogP contribution >= 0.6 is 10.7 Å². The van der Waals surface area contributed by atoms with Crippen molar-refractivity contribution in [2.24, 2.45) is 0 Å². The second-order valence-corrected chi connectivity index (χ2v) is 8.12. The number of hydrogen-bond donors (Lipinski definition) is 0. The fourth-order valence-electron chi connectivity index (χ4n) is 2.83. The Hall–Kier alpha value is -1.52. The van der Waals surface area contributed by atoms with Crippen LogP contribution in [-0.4, -0.2) is 21.5 Å². The van der Waals surface area contributed by atoms with Crippen LogP contribution in [0.15, 0.2) is 53.4 Å². The van der Waals surface area contributed by atoms with Crippen LogP contribution < -0.4 is 4.90 Å². The molecular weight excluding hydrogens is 318 g/mol. The predicted molar refractivity (Wildman–Crippen MR) is 91.0 cm³/mol. The molecule has 0 spiro atoms. The minimum Gasteiger partial charge on any atom is -0.372 e. The molecule has 1 fully saturated rings. The van der Waals surface area contributed by atoms with Crippen LogP contribution in [0.2, 0.25) is 0 Å². The van der Waals surface area contributed by atoms with Crippen LogP contribution in [0, 0.1) is 0 Å². The minimum atomic E-state index is -3.66. The number of halogens is 1. The average Bonchev–Trinajstić information content (AvgIpc) is 2.55. The Labute approximate surface area is 135 Å². The van der Waals surface area contributed by atoms with Crippen molar-refractivity contribution in [2.45, 2.75) is 24.2 Å². The monoisotopic (exact) mass is 335 g/mol. The Balaban J connectivity index is 1.80. The van der Waals surface area contributed by atoms with Gasteiger partial charge in [-0.3, -0.25) is 0 Å². The van der Waals surface area contributed by atoms with Gasteiger partial charge in [0.05, 0.1) is 4.90 Å². The van der Waals surface area contributed by atoms with Gasteiger partial charge in [0.2, 0.25) is 0 Å². The lowest BCUT2D eigenvalue weighted by molar-refractivity contribution is 0.578. The lowest BCUT2D eigenvalue weighted by Gasteiger charge is -2.28. The topological polar surface area (TPSA) is 37.4 Å². The Morgan fingerprint density at radius 2 is 1.27 bits per heavy atom. The maximum absolute atomic E-state index is 11.3. The molecule has 1 saturated heterocycles. The molecule has 22 heavy (non-hydrogen) atoms. The molecule has 0 N–H and O–H groups in total. The number of rotatable bonds is 3. The lowest BCUT2D eigenvalue weighted by atomic mass is 10.0. The zero-order valence-corrected chi connectivity index (χ0v) is 13.8. The number of anilines is 1. The smallest absolute Gasteiger partial charge is 0.261 e. The Bertz CT molecular complexity index is 733. The third-order valence-electron chi connectivity index (χ3n) is 4.06. The third-order valence-corrected chi connectivity index (χ3v) is 5.43. The summed E-state index contributed by atoms with van der Waals surface area (Å²) in [7, 11) is 1.67. The molecule has 0 saturated carbocycles. The van der Waals surface area contributed by atoms with E-state index in [9.17, 15) is 8.42 Å². The highest BCUT2D eigenvalue weighted by Crippen LogP contribution is 2.26. The highest BCUT2D eigenvalue weighted by molar-refractivity contribution is 8.13. The van der Waals surface area contributed by atoms with E-state index in [0.29, 0.717) is 0 Å². The summed E-state index contributed by atoms with van der Waals surface area (Å²) in [4.78, 5) is 2.54. The fraction of sp³-hybridized carbons (Fsp3) is 0.294. The van der Waals surface area contributed by atoms with Crippen LogP contribution in [-0.2, 0) is 9.05 Å². The van der Waals surface area contributed by atoms with Gasteiger partial charge in [-0.1, -0.05) is 24.3 Å². The Morgan fingerprint density at radius 3 is 1.77 bits per heavy atom. The summed E-state index contributed by atoms with van der Waals surface area (Å²) >= 11 is 0. The van der Waals surface area contributed by atoms with Crippen LogP contribution in [0.5, 0.6) is 0 Å². The number of hydrogen-bond acceptors (Lipinski definition) is 3. The predicted octanol–water partition coefficient (Wildman–Crippen LogP) is 4.27. The van der Waals surface area contributed by atoms with Gasteiger partial charge in [0.1, 0.15) is 0 Å². The first kappa shape index (κ1) is 15.4. The molecule has 2 aromatic rings. The molecule has 1 aliphatic rings. The Kier molecular flexibility index (Phi) is 4.41. The van der Waals surface area contributed by atoms with Crippen molar-refractivity contribution in [3.8, 4) is 11.1 Å². The maximum atomic E-state index is 11.3. The molecular formula is C17H18ClNO2S. The molecule has 3 rings (SSSR count). The first-order chi connectivity index (χ1) is 10.5. The number of piperidine rings is 1. The molecule has 0 radical (unpaired) electrons.